The molecule has 1 aliphatic carbocycles. The van der Waals surface area contributed by atoms with Gasteiger partial charge < -0.3 is 39.6 Å². The number of aromatic amines is 1. The molecule has 1 saturated carbocycles. The number of aliphatic hydroxyl groups is 2. The van der Waals surface area contributed by atoms with Crippen molar-refractivity contribution < 1.29 is 43.6 Å². The van der Waals surface area contributed by atoms with Gasteiger partial charge in [0.05, 0.1) is 31.5 Å². The predicted molar refractivity (Wildman–Crippen MR) is 301 cm³/mol. The number of esters is 2. The molecule has 10 atom stereocenters. The lowest BCUT2D eigenvalue weighted by atomic mass is 9.47. The molecule has 6 aliphatic rings. The number of para-hydroxylation sites is 1. The van der Waals surface area contributed by atoms with E-state index in [4.69, 9.17) is 14.2 Å². The molecule has 14 nitrogen and oxygen atoms in total. The van der Waals surface area contributed by atoms with E-state index in [-0.39, 0.29) is 12.3 Å². The molecular weight excluding hydrogens is 971 g/mol. The number of methoxy groups -OCH3 is 2. The van der Waals surface area contributed by atoms with E-state index >= 15 is 9.59 Å². The summed E-state index contributed by atoms with van der Waals surface area (Å²) >= 11 is 0. The Bertz CT molecular complexity index is 2720. The molecule has 3 aromatic rings. The summed E-state index contributed by atoms with van der Waals surface area (Å²) < 4.78 is 18.8. The van der Waals surface area contributed by atoms with Gasteiger partial charge in [0.2, 0.25) is 12.0 Å². The van der Waals surface area contributed by atoms with E-state index < -0.39 is 63.5 Å². The van der Waals surface area contributed by atoms with Gasteiger partial charge in [0, 0.05) is 84.7 Å². The van der Waals surface area contributed by atoms with Crippen LogP contribution in [0.2, 0.25) is 0 Å². The van der Waals surface area contributed by atoms with Crippen LogP contribution < -0.4 is 15.0 Å². The highest BCUT2D eigenvalue weighted by molar-refractivity contribution is 5.97. The number of carbonyl (C=O) groups is 4. The number of ether oxygens (including phenoxy) is 3. The summed E-state index contributed by atoms with van der Waals surface area (Å²) in [6.45, 7) is 10.9. The van der Waals surface area contributed by atoms with E-state index in [0.717, 1.165) is 67.8 Å². The third-order valence-corrected chi connectivity index (χ3v) is 19.0. The Hall–Kier alpha value is -5.28. The summed E-state index contributed by atoms with van der Waals surface area (Å²) in [7, 11) is 2.97. The first-order chi connectivity index (χ1) is 37.3. The number of hydrogen-bond acceptors (Lipinski definition) is 11. The highest BCUT2D eigenvalue weighted by Gasteiger charge is 2.80. The number of fused-ring (bicyclic) bond motifs is 6. The summed E-state index contributed by atoms with van der Waals surface area (Å²) in [6.07, 6.45) is 28.2. The monoisotopic (exact) mass is 1060 g/mol. The zero-order valence-corrected chi connectivity index (χ0v) is 46.9. The van der Waals surface area contributed by atoms with Gasteiger partial charge in [0.15, 0.2) is 6.10 Å². The summed E-state index contributed by atoms with van der Waals surface area (Å²) in [5.41, 5.74) is -2.88. The number of allylic oxidation sites excluding steroid dienone is 4. The number of hydrogen-bond donors (Lipinski definition) is 4. The molecule has 1 aromatic heterocycles. The Morgan fingerprint density at radius 2 is 1.61 bits per heavy atom. The van der Waals surface area contributed by atoms with Crippen LogP contribution in [0.1, 0.15) is 159 Å². The van der Waals surface area contributed by atoms with Crippen LogP contribution in [0.25, 0.3) is 10.9 Å². The zero-order chi connectivity index (χ0) is 54.6. The van der Waals surface area contributed by atoms with Gasteiger partial charge in [0.1, 0.15) is 11.2 Å². The lowest BCUT2D eigenvalue weighted by Crippen LogP contribution is -2.82. The van der Waals surface area contributed by atoms with E-state index in [1.165, 1.54) is 38.2 Å². The number of piperidine rings is 1. The molecule has 5 aliphatic heterocycles. The van der Waals surface area contributed by atoms with Gasteiger partial charge in [-0.2, -0.15) is 0 Å². The Morgan fingerprint density at radius 1 is 0.870 bits per heavy atom. The molecule has 418 valence electrons. The van der Waals surface area contributed by atoms with Crippen molar-refractivity contribution in [3.8, 4) is 5.75 Å². The number of unbranched alkanes of at least 4 members (excludes halogenated alkanes) is 9. The fraction of sp³-hybridized carbons (Fsp3) is 0.619. The molecule has 4 N–H and O–H groups in total. The minimum absolute atomic E-state index is 0.156. The van der Waals surface area contributed by atoms with Crippen molar-refractivity contribution >= 4 is 40.8 Å². The molecule has 2 unspecified atom stereocenters. The van der Waals surface area contributed by atoms with E-state index in [2.05, 4.69) is 63.5 Å². The molecule has 6 heterocycles. The molecule has 1 spiro atoms. The largest absolute Gasteiger partial charge is 0.496 e. The van der Waals surface area contributed by atoms with E-state index in [1.54, 1.807) is 13.2 Å². The Kier molecular flexibility index (Phi) is 17.3. The number of aromatic nitrogens is 1. The van der Waals surface area contributed by atoms with E-state index in [0.29, 0.717) is 112 Å². The van der Waals surface area contributed by atoms with Gasteiger partial charge in [-0.15, -0.1) is 0 Å². The fourth-order valence-corrected chi connectivity index (χ4v) is 15.7. The standard InChI is InChI=1S/C63H87N5O9/c1-7-10-11-12-13-14-15-16-17-18-19-20-21-22-23-26-33-64-57(71)63(74)55-61(32-36-67-34-27-31-60(9-3,54(61)67)56(63)77-44(4)70)48-37-49(52(75-5)38-51(48)68(55)43-69)62(58(72)76-6)40-45-39-59(73,8-2)42-66(41-45)35-30-47-46-28-24-25-29-50(46)65-53(47)62/h13-14,16-17,24-25,27-29,31,37-38,43,45,54-56,65,73-74H,7-12,15,18-23,26,30,32-36,39-42H2,1-6H3,(H,64,71)/t45?,54-,55+,56+,59-,60+,61+,62-,63-/m0/s1. The van der Waals surface area contributed by atoms with Gasteiger partial charge in [0.25, 0.3) is 5.91 Å². The number of nitrogens with zero attached hydrogens (tertiary/aromatic N) is 3. The van der Waals surface area contributed by atoms with Crippen molar-refractivity contribution in [3.63, 3.8) is 0 Å². The highest BCUT2D eigenvalue weighted by atomic mass is 16.6. The normalized spacial score (nSPS) is 31.3. The van der Waals surface area contributed by atoms with Crippen molar-refractivity contribution in [3.05, 3.63) is 95.2 Å². The molecule has 2 aromatic carbocycles. The number of amides is 2. The molecule has 2 bridgehead atoms. The van der Waals surface area contributed by atoms with Crippen LogP contribution in [0.4, 0.5) is 5.69 Å². The maximum atomic E-state index is 15.6. The van der Waals surface area contributed by atoms with Crippen LogP contribution in [-0.4, -0.2) is 132 Å². The van der Waals surface area contributed by atoms with Gasteiger partial charge in [-0.3, -0.25) is 29.0 Å². The first-order valence-corrected chi connectivity index (χ1v) is 29.3. The molecule has 2 amide bonds. The topological polar surface area (TPSA) is 174 Å². The third-order valence-electron chi connectivity index (χ3n) is 19.0. The average molecular weight is 1060 g/mol. The molecule has 3 fully saturated rings. The molecule has 77 heavy (non-hydrogen) atoms. The first kappa shape index (κ1) is 56.4. The average Bonchev–Trinajstić information content (AvgIpc) is 3.83. The molecule has 9 rings (SSSR count). The van der Waals surface area contributed by atoms with Gasteiger partial charge in [-0.05, 0) is 113 Å². The number of carbonyl (C=O) groups excluding carboxylic acids is 4. The van der Waals surface area contributed by atoms with Crippen molar-refractivity contribution in [2.24, 2.45) is 11.3 Å². The number of H-pyrrole nitrogens is 1. The Labute approximate surface area is 457 Å². The van der Waals surface area contributed by atoms with Crippen LogP contribution in [0.5, 0.6) is 5.75 Å². The Balaban J connectivity index is 1.09. The van der Waals surface area contributed by atoms with Gasteiger partial charge in [-0.1, -0.05) is 114 Å². The molecule has 0 radical (unpaired) electrons. The summed E-state index contributed by atoms with van der Waals surface area (Å²) in [5, 5.41) is 30.2. The minimum Gasteiger partial charge on any atom is -0.496 e. The highest BCUT2D eigenvalue weighted by Crippen LogP contribution is 2.68. The molecule has 14 heteroatoms. The van der Waals surface area contributed by atoms with Gasteiger partial charge >= 0.3 is 11.9 Å². The van der Waals surface area contributed by atoms with Crippen LogP contribution >= 0.6 is 0 Å². The van der Waals surface area contributed by atoms with Crippen molar-refractivity contribution in [1.82, 2.24) is 20.1 Å². The van der Waals surface area contributed by atoms with Crippen molar-refractivity contribution in [1.29, 1.82) is 0 Å². The number of rotatable bonds is 23. The first-order valence-electron chi connectivity index (χ1n) is 29.3. The zero-order valence-electron chi connectivity index (χ0n) is 46.9. The SMILES string of the molecule is CCCCCC=CCC=CCCCCCCCCNC(=O)[C@@]1(O)[C@H](OC(C)=O)[C@]2(CC)C=CCN3CC[C@@]4(c5cc([C@@]6(C(=O)OC)CC7CN(CCc8c6[nH]c6ccccc86)C[C@](O)(CC)C7)c(OC)cc5N(C=O)[C@@H]14)[C@@H]32. The van der Waals surface area contributed by atoms with Crippen LogP contribution in [0, 0.1) is 11.3 Å². The van der Waals surface area contributed by atoms with Crippen LogP contribution in [0.3, 0.4) is 0 Å². The lowest BCUT2D eigenvalue weighted by Gasteiger charge is -2.63. The second-order valence-electron chi connectivity index (χ2n) is 23.5. The van der Waals surface area contributed by atoms with Crippen molar-refractivity contribution in [2.75, 3.05) is 58.4 Å². The minimum atomic E-state index is -2.44. The van der Waals surface area contributed by atoms with Crippen molar-refractivity contribution in [2.45, 2.75) is 183 Å². The van der Waals surface area contributed by atoms with Crippen LogP contribution in [0.15, 0.2) is 72.9 Å². The fourth-order valence-electron chi connectivity index (χ4n) is 15.7. The summed E-state index contributed by atoms with van der Waals surface area (Å²) in [6, 6.07) is 10.2. The number of anilines is 1. The lowest BCUT2D eigenvalue weighted by molar-refractivity contribution is -0.217. The third kappa shape index (κ3) is 9.89. The number of benzene rings is 2. The quantitative estimate of drug-likeness (QED) is 0.0309. The maximum Gasteiger partial charge on any atom is 0.322 e. The number of nitrogens with one attached hydrogen (secondary N) is 2. The van der Waals surface area contributed by atoms with E-state index in [9.17, 15) is 19.8 Å². The van der Waals surface area contributed by atoms with Crippen LogP contribution in [-0.2, 0) is 45.9 Å². The Morgan fingerprint density at radius 3 is 2.31 bits per heavy atom. The predicted octanol–water partition coefficient (Wildman–Crippen LogP) is 9.27. The second-order valence-corrected chi connectivity index (χ2v) is 23.5. The molecule has 2 saturated heterocycles. The summed E-state index contributed by atoms with van der Waals surface area (Å²) in [5.74, 6) is -1.65. The molecular formula is C63H87N5O9. The second kappa shape index (κ2) is 23.6. The maximum absolute atomic E-state index is 15.6. The van der Waals surface area contributed by atoms with E-state index in [1.807, 2.05) is 44.2 Å². The van der Waals surface area contributed by atoms with Gasteiger partial charge in [-0.25, -0.2) is 0 Å². The smallest absolute Gasteiger partial charge is 0.322 e. The summed E-state index contributed by atoms with van der Waals surface area (Å²) in [4.78, 5) is 68.6.